The summed E-state index contributed by atoms with van der Waals surface area (Å²) in [7, 11) is 0. The van der Waals surface area contributed by atoms with Crippen molar-refractivity contribution in [3.63, 3.8) is 0 Å². The zero-order valence-corrected chi connectivity index (χ0v) is 11.9. The fourth-order valence-corrected chi connectivity index (χ4v) is 3.99. The van der Waals surface area contributed by atoms with Crippen LogP contribution in [0, 0.1) is 12.8 Å². The molecule has 0 spiro atoms. The topological polar surface area (TPSA) is 17.1 Å². The summed E-state index contributed by atoms with van der Waals surface area (Å²) in [5.74, 6) is 0.441. The van der Waals surface area contributed by atoms with Crippen LogP contribution in [-0.4, -0.2) is 5.78 Å². The van der Waals surface area contributed by atoms with E-state index < -0.39 is 0 Å². The Bertz CT molecular complexity index is 625. The maximum atomic E-state index is 12.0. The van der Waals surface area contributed by atoms with E-state index in [1.165, 1.54) is 16.0 Å². The van der Waals surface area contributed by atoms with E-state index in [4.69, 9.17) is 11.6 Å². The number of aryl methyl sites for hydroxylation is 1. The van der Waals surface area contributed by atoms with Gasteiger partial charge in [-0.05, 0) is 42.2 Å². The van der Waals surface area contributed by atoms with Gasteiger partial charge in [-0.2, -0.15) is 0 Å². The first-order valence-corrected chi connectivity index (χ1v) is 7.20. The number of carbonyl (C=O) groups is 1. The molecule has 1 aromatic carbocycles. The predicted octanol–water partition coefficient (Wildman–Crippen LogP) is 4.75. The fraction of sp³-hybridized carbons (Fsp3) is 0.267. The number of ketones is 1. The molecular weight excluding hydrogens is 264 g/mol. The molecule has 0 amide bonds. The van der Waals surface area contributed by atoms with Gasteiger partial charge in [-0.3, -0.25) is 4.79 Å². The fourth-order valence-electron chi connectivity index (χ4n) is 2.60. The molecule has 0 fully saturated rings. The molecule has 18 heavy (non-hydrogen) atoms. The Balaban J connectivity index is 2.17. The van der Waals surface area contributed by atoms with Crippen molar-refractivity contribution in [1.82, 2.24) is 0 Å². The second kappa shape index (κ2) is 4.22. The largest absolute Gasteiger partial charge is 0.293 e. The van der Waals surface area contributed by atoms with Crippen molar-refractivity contribution in [2.45, 2.75) is 20.3 Å². The average Bonchev–Trinajstić information content (AvgIpc) is 2.79. The highest BCUT2D eigenvalue weighted by molar-refractivity contribution is 7.14. The lowest BCUT2D eigenvalue weighted by molar-refractivity contribution is 0.0949. The first kappa shape index (κ1) is 11.9. The lowest BCUT2D eigenvalue weighted by Gasteiger charge is -2.05. The van der Waals surface area contributed by atoms with Gasteiger partial charge >= 0.3 is 0 Å². The van der Waals surface area contributed by atoms with Gasteiger partial charge < -0.3 is 0 Å². The standard InChI is InChI=1S/C15H13ClOS/c1-8-7-12-13(9(2)18-15(12)14(8)17)10-3-5-11(16)6-4-10/h3-6,8H,7H2,1-2H3. The summed E-state index contributed by atoms with van der Waals surface area (Å²) >= 11 is 7.56. The van der Waals surface area contributed by atoms with Crippen molar-refractivity contribution in [2.24, 2.45) is 5.92 Å². The van der Waals surface area contributed by atoms with Crippen molar-refractivity contribution >= 4 is 28.7 Å². The van der Waals surface area contributed by atoms with Crippen molar-refractivity contribution < 1.29 is 4.79 Å². The van der Waals surface area contributed by atoms with Crippen molar-refractivity contribution in [2.75, 3.05) is 0 Å². The van der Waals surface area contributed by atoms with Crippen LogP contribution in [-0.2, 0) is 6.42 Å². The third-order valence-corrected chi connectivity index (χ3v) is 4.91. The van der Waals surface area contributed by atoms with Crippen LogP contribution in [0.15, 0.2) is 24.3 Å². The summed E-state index contributed by atoms with van der Waals surface area (Å²) in [6.07, 6.45) is 0.871. The molecule has 3 heteroatoms. The number of fused-ring (bicyclic) bond motifs is 1. The lowest BCUT2D eigenvalue weighted by Crippen LogP contribution is -2.02. The molecule has 0 aliphatic heterocycles. The summed E-state index contributed by atoms with van der Waals surface area (Å²) in [5.41, 5.74) is 3.64. The van der Waals surface area contributed by atoms with Gasteiger partial charge in [0.05, 0.1) is 4.88 Å². The summed E-state index contributed by atoms with van der Waals surface area (Å²) in [4.78, 5) is 14.2. The molecule has 0 saturated heterocycles. The number of carbonyl (C=O) groups excluding carboxylic acids is 1. The number of halogens is 1. The molecule has 3 rings (SSSR count). The molecule has 2 aromatic rings. The minimum atomic E-state index is 0.137. The van der Waals surface area contributed by atoms with Gasteiger partial charge in [-0.15, -0.1) is 11.3 Å². The van der Waals surface area contributed by atoms with E-state index in [-0.39, 0.29) is 5.92 Å². The second-order valence-electron chi connectivity index (χ2n) is 4.82. The molecule has 1 atom stereocenters. The Labute approximate surface area is 115 Å². The minimum absolute atomic E-state index is 0.137. The minimum Gasteiger partial charge on any atom is -0.293 e. The van der Waals surface area contributed by atoms with Crippen LogP contribution in [0.5, 0.6) is 0 Å². The summed E-state index contributed by atoms with van der Waals surface area (Å²) < 4.78 is 0. The van der Waals surface area contributed by atoms with E-state index in [0.29, 0.717) is 5.78 Å². The smallest absolute Gasteiger partial charge is 0.176 e. The normalized spacial score (nSPS) is 18.2. The number of hydrogen-bond donors (Lipinski definition) is 0. The SMILES string of the molecule is Cc1sc2c(c1-c1ccc(Cl)cc1)CC(C)C2=O. The van der Waals surface area contributed by atoms with E-state index in [0.717, 1.165) is 21.9 Å². The third-order valence-electron chi connectivity index (χ3n) is 3.50. The van der Waals surface area contributed by atoms with Gasteiger partial charge in [0.2, 0.25) is 0 Å². The Hall–Kier alpha value is -1.12. The van der Waals surface area contributed by atoms with Crippen LogP contribution in [0.4, 0.5) is 0 Å². The maximum Gasteiger partial charge on any atom is 0.176 e. The molecule has 1 nitrogen and oxygen atoms in total. The van der Waals surface area contributed by atoms with E-state index in [1.54, 1.807) is 11.3 Å². The first-order chi connectivity index (χ1) is 8.58. The van der Waals surface area contributed by atoms with E-state index in [9.17, 15) is 4.79 Å². The van der Waals surface area contributed by atoms with E-state index >= 15 is 0 Å². The van der Waals surface area contributed by atoms with Gasteiger partial charge in [-0.1, -0.05) is 30.7 Å². The monoisotopic (exact) mass is 276 g/mol. The molecule has 1 aliphatic rings. The molecule has 1 aromatic heterocycles. The van der Waals surface area contributed by atoms with Crippen LogP contribution in [0.1, 0.15) is 27.0 Å². The van der Waals surface area contributed by atoms with Gasteiger partial charge in [0.25, 0.3) is 0 Å². The Morgan fingerprint density at radius 2 is 1.94 bits per heavy atom. The Morgan fingerprint density at radius 3 is 2.61 bits per heavy atom. The van der Waals surface area contributed by atoms with Gasteiger partial charge in [0.15, 0.2) is 5.78 Å². The van der Waals surface area contributed by atoms with Crippen LogP contribution >= 0.6 is 22.9 Å². The molecule has 0 saturated carbocycles. The molecule has 1 heterocycles. The van der Waals surface area contributed by atoms with Crippen LogP contribution in [0.2, 0.25) is 5.02 Å². The summed E-state index contributed by atoms with van der Waals surface area (Å²) in [6.45, 7) is 4.10. The second-order valence-corrected chi connectivity index (χ2v) is 6.48. The van der Waals surface area contributed by atoms with Gasteiger partial charge in [-0.25, -0.2) is 0 Å². The molecule has 92 valence electrons. The molecule has 0 bridgehead atoms. The molecule has 1 aliphatic carbocycles. The number of Topliss-reactive ketones (excluding diaryl/α,β-unsaturated/α-hetero) is 1. The van der Waals surface area contributed by atoms with Crippen molar-refractivity contribution in [3.8, 4) is 11.1 Å². The van der Waals surface area contributed by atoms with Crippen LogP contribution < -0.4 is 0 Å². The number of thiophene rings is 1. The first-order valence-electron chi connectivity index (χ1n) is 6.00. The van der Waals surface area contributed by atoms with Crippen molar-refractivity contribution in [3.05, 3.63) is 44.6 Å². The Morgan fingerprint density at radius 1 is 1.28 bits per heavy atom. The zero-order valence-electron chi connectivity index (χ0n) is 10.3. The van der Waals surface area contributed by atoms with E-state index in [1.807, 2.05) is 31.2 Å². The third kappa shape index (κ3) is 1.72. The van der Waals surface area contributed by atoms with E-state index in [2.05, 4.69) is 6.92 Å². The predicted molar refractivity (Wildman–Crippen MR) is 76.7 cm³/mol. The highest BCUT2D eigenvalue weighted by Gasteiger charge is 2.32. The Kier molecular flexibility index (Phi) is 2.80. The molecule has 0 N–H and O–H groups in total. The molecule has 0 radical (unpaired) electrons. The van der Waals surface area contributed by atoms with Gasteiger partial charge in [0.1, 0.15) is 0 Å². The quantitative estimate of drug-likeness (QED) is 0.734. The average molecular weight is 277 g/mol. The van der Waals surface area contributed by atoms with Crippen molar-refractivity contribution in [1.29, 1.82) is 0 Å². The number of rotatable bonds is 1. The maximum absolute atomic E-state index is 12.0. The summed E-state index contributed by atoms with van der Waals surface area (Å²) in [5, 5.41) is 0.743. The van der Waals surface area contributed by atoms with Crippen LogP contribution in [0.25, 0.3) is 11.1 Å². The number of hydrogen-bond acceptors (Lipinski definition) is 2. The highest BCUT2D eigenvalue weighted by Crippen LogP contribution is 2.42. The van der Waals surface area contributed by atoms with Crippen LogP contribution in [0.3, 0.4) is 0 Å². The molecular formula is C15H13ClOS. The number of benzene rings is 1. The summed E-state index contributed by atoms with van der Waals surface area (Å²) in [6, 6.07) is 7.87. The highest BCUT2D eigenvalue weighted by atomic mass is 35.5. The van der Waals surface area contributed by atoms with Gasteiger partial charge in [0, 0.05) is 15.8 Å². The lowest BCUT2D eigenvalue weighted by atomic mass is 9.99. The molecule has 1 unspecified atom stereocenters. The zero-order chi connectivity index (χ0) is 12.9.